The van der Waals surface area contributed by atoms with Crippen LogP contribution in [0.2, 0.25) is 0 Å². The zero-order valence-corrected chi connectivity index (χ0v) is 15.8. The zero-order valence-electron chi connectivity index (χ0n) is 15.0. The van der Waals surface area contributed by atoms with Gasteiger partial charge in [-0.15, -0.1) is 0 Å². The van der Waals surface area contributed by atoms with Crippen molar-refractivity contribution in [3.8, 4) is 0 Å². The molecule has 2 N–H and O–H groups in total. The van der Waals surface area contributed by atoms with Crippen LogP contribution in [0.15, 0.2) is 35.2 Å². The highest BCUT2D eigenvalue weighted by molar-refractivity contribution is 7.89. The van der Waals surface area contributed by atoms with Crippen LogP contribution in [0.25, 0.3) is 0 Å². The maximum absolute atomic E-state index is 15.0. The van der Waals surface area contributed by atoms with Gasteiger partial charge in [0.2, 0.25) is 10.0 Å². The van der Waals surface area contributed by atoms with Gasteiger partial charge in [0.25, 0.3) is 5.91 Å². The first-order valence-corrected chi connectivity index (χ1v) is 9.68. The largest absolute Gasteiger partial charge is 0.377 e. The predicted molar refractivity (Wildman–Crippen MR) is 95.0 cm³/mol. The lowest BCUT2D eigenvalue weighted by Gasteiger charge is -2.38. The summed E-state index contributed by atoms with van der Waals surface area (Å²) in [6.45, 7) is 3.32. The molecular weight excluding hydrogens is 397 g/mol. The van der Waals surface area contributed by atoms with E-state index in [1.807, 2.05) is 0 Å². The molecule has 6 nitrogen and oxygen atoms in total. The predicted octanol–water partition coefficient (Wildman–Crippen LogP) is 2.73. The van der Waals surface area contributed by atoms with Crippen LogP contribution in [0.3, 0.4) is 0 Å². The molecule has 10 heteroatoms. The number of carbonyl (C=O) groups is 1. The van der Waals surface area contributed by atoms with E-state index in [-0.39, 0.29) is 24.5 Å². The highest BCUT2D eigenvalue weighted by Crippen LogP contribution is 2.26. The van der Waals surface area contributed by atoms with E-state index in [9.17, 15) is 26.4 Å². The van der Waals surface area contributed by atoms with Gasteiger partial charge in [0.15, 0.2) is 17.5 Å². The summed E-state index contributed by atoms with van der Waals surface area (Å²) in [6, 6.07) is 4.99. The summed E-state index contributed by atoms with van der Waals surface area (Å²) < 4.78 is 73.7. The van der Waals surface area contributed by atoms with Gasteiger partial charge in [-0.2, -0.15) is 0 Å². The monoisotopic (exact) mass is 414 g/mol. The number of aryl methyl sites for hydroxylation is 1. The number of hydrogen-bond donors (Lipinski definition) is 2. The Balaban J connectivity index is 1.94. The summed E-state index contributed by atoms with van der Waals surface area (Å²) in [7, 11) is -4.26. The fourth-order valence-electron chi connectivity index (χ4n) is 2.75. The lowest BCUT2D eigenvalue weighted by Crippen LogP contribution is -2.59. The van der Waals surface area contributed by atoms with Crippen LogP contribution < -0.4 is 10.0 Å². The van der Waals surface area contributed by atoms with Crippen molar-refractivity contribution in [1.29, 1.82) is 0 Å². The molecule has 0 aromatic heterocycles. The molecule has 2 aromatic carbocycles. The third-order valence-electron chi connectivity index (χ3n) is 4.23. The van der Waals surface area contributed by atoms with E-state index < -0.39 is 49.4 Å². The van der Waals surface area contributed by atoms with E-state index in [2.05, 4.69) is 10.0 Å². The highest BCUT2D eigenvalue weighted by atomic mass is 32.2. The summed E-state index contributed by atoms with van der Waals surface area (Å²) >= 11 is 0. The summed E-state index contributed by atoms with van der Waals surface area (Å²) in [6.07, 6.45) is 0. The Morgan fingerprint density at radius 2 is 1.79 bits per heavy atom. The molecule has 0 saturated carbocycles. The molecule has 2 aromatic rings. The lowest BCUT2D eigenvalue weighted by atomic mass is 10.0. The fraction of sp³-hybridized carbons (Fsp3) is 0.278. The van der Waals surface area contributed by atoms with Gasteiger partial charge in [0.1, 0.15) is 4.90 Å². The van der Waals surface area contributed by atoms with Crippen LogP contribution in [0.4, 0.5) is 18.9 Å². The van der Waals surface area contributed by atoms with Gasteiger partial charge in [0, 0.05) is 11.8 Å². The quantitative estimate of drug-likeness (QED) is 0.788. The average molecular weight is 414 g/mol. The van der Waals surface area contributed by atoms with E-state index in [1.165, 1.54) is 13.0 Å². The summed E-state index contributed by atoms with van der Waals surface area (Å²) in [5, 5.41) is 2.24. The molecule has 0 spiro atoms. The van der Waals surface area contributed by atoms with Crippen molar-refractivity contribution in [2.24, 2.45) is 0 Å². The third kappa shape index (κ3) is 3.89. The fourth-order valence-corrected chi connectivity index (χ4v) is 4.22. The highest BCUT2D eigenvalue weighted by Gasteiger charge is 2.39. The number of hydrogen-bond acceptors (Lipinski definition) is 4. The number of benzene rings is 2. The van der Waals surface area contributed by atoms with Crippen molar-refractivity contribution >= 4 is 21.6 Å². The molecule has 1 amide bonds. The first-order valence-electron chi connectivity index (χ1n) is 8.20. The van der Waals surface area contributed by atoms with Gasteiger partial charge >= 0.3 is 0 Å². The van der Waals surface area contributed by atoms with Gasteiger partial charge in [-0.05, 0) is 37.6 Å². The SMILES string of the molecule is Cc1ccc(S(=O)(=O)NC2(C)COC2)c(F)c1C(=O)Nc1ccc(F)c(F)c1. The second kappa shape index (κ2) is 7.19. The second-order valence-corrected chi connectivity index (χ2v) is 8.46. The minimum Gasteiger partial charge on any atom is -0.377 e. The molecule has 150 valence electrons. The van der Waals surface area contributed by atoms with Crippen molar-refractivity contribution in [3.05, 3.63) is 58.9 Å². The Bertz CT molecular complexity index is 1050. The molecule has 0 unspecified atom stereocenters. The minimum absolute atomic E-state index is 0.104. The van der Waals surface area contributed by atoms with Crippen molar-refractivity contribution in [1.82, 2.24) is 4.72 Å². The maximum atomic E-state index is 15.0. The molecule has 1 saturated heterocycles. The molecule has 1 aliphatic heterocycles. The number of anilines is 1. The van der Waals surface area contributed by atoms with Gasteiger partial charge in [0.05, 0.1) is 24.3 Å². The standard InChI is InChI=1S/C18H17F3N2O4S/c1-10-3-6-14(28(25,26)23-18(2)8-27-9-18)16(21)15(10)17(24)22-11-4-5-12(19)13(20)7-11/h3-7,23H,8-9H2,1-2H3,(H,22,24). The summed E-state index contributed by atoms with van der Waals surface area (Å²) in [4.78, 5) is 11.8. The number of halogens is 3. The average Bonchev–Trinajstić information content (AvgIpc) is 2.56. The van der Waals surface area contributed by atoms with E-state index >= 15 is 0 Å². The number of carbonyl (C=O) groups excluding carboxylic acids is 1. The normalized spacial score (nSPS) is 15.8. The second-order valence-electron chi connectivity index (χ2n) is 6.81. The number of sulfonamides is 1. The van der Waals surface area contributed by atoms with Crippen molar-refractivity contribution in [3.63, 3.8) is 0 Å². The van der Waals surface area contributed by atoms with Crippen LogP contribution in [-0.4, -0.2) is 33.1 Å². The van der Waals surface area contributed by atoms with Crippen LogP contribution in [0, 0.1) is 24.4 Å². The number of nitrogens with one attached hydrogen (secondary N) is 2. The van der Waals surface area contributed by atoms with Crippen molar-refractivity contribution in [2.45, 2.75) is 24.3 Å². The van der Waals surface area contributed by atoms with Gasteiger partial charge in [-0.1, -0.05) is 6.07 Å². The molecule has 0 atom stereocenters. The molecule has 1 heterocycles. The molecular formula is C18H17F3N2O4S. The number of amides is 1. The lowest BCUT2D eigenvalue weighted by molar-refractivity contribution is -0.0523. The first-order chi connectivity index (χ1) is 13.0. The Kier molecular flexibility index (Phi) is 5.22. The first kappa shape index (κ1) is 20.3. The molecule has 3 rings (SSSR count). The number of rotatable bonds is 5. The molecule has 1 aliphatic rings. The molecule has 0 radical (unpaired) electrons. The van der Waals surface area contributed by atoms with Crippen molar-refractivity contribution in [2.75, 3.05) is 18.5 Å². The zero-order chi connectivity index (χ0) is 20.7. The molecule has 28 heavy (non-hydrogen) atoms. The smallest absolute Gasteiger partial charge is 0.258 e. The Hall–Kier alpha value is -2.43. The summed E-state index contributed by atoms with van der Waals surface area (Å²) in [5.74, 6) is -4.52. The molecule has 1 fully saturated rings. The van der Waals surface area contributed by atoms with E-state index in [4.69, 9.17) is 4.74 Å². The molecule has 0 aliphatic carbocycles. The van der Waals surface area contributed by atoms with Crippen LogP contribution in [0.5, 0.6) is 0 Å². The van der Waals surface area contributed by atoms with Crippen LogP contribution >= 0.6 is 0 Å². The topological polar surface area (TPSA) is 84.5 Å². The third-order valence-corrected chi connectivity index (χ3v) is 5.89. The molecule has 0 bridgehead atoms. The number of ether oxygens (including phenoxy) is 1. The maximum Gasteiger partial charge on any atom is 0.258 e. The van der Waals surface area contributed by atoms with Gasteiger partial charge < -0.3 is 10.1 Å². The van der Waals surface area contributed by atoms with E-state index in [0.29, 0.717) is 0 Å². The Labute approximate surface area is 159 Å². The van der Waals surface area contributed by atoms with Gasteiger partial charge in [-0.3, -0.25) is 4.79 Å². The Morgan fingerprint density at radius 1 is 1.11 bits per heavy atom. The minimum atomic E-state index is -4.26. The van der Waals surface area contributed by atoms with Crippen LogP contribution in [-0.2, 0) is 14.8 Å². The Morgan fingerprint density at radius 3 is 2.36 bits per heavy atom. The van der Waals surface area contributed by atoms with Gasteiger partial charge in [-0.25, -0.2) is 26.3 Å². The van der Waals surface area contributed by atoms with E-state index in [0.717, 1.165) is 24.3 Å². The van der Waals surface area contributed by atoms with E-state index in [1.54, 1.807) is 6.92 Å². The van der Waals surface area contributed by atoms with Crippen LogP contribution in [0.1, 0.15) is 22.8 Å². The summed E-state index contributed by atoms with van der Waals surface area (Å²) in [5.41, 5.74) is -1.30. The van der Waals surface area contributed by atoms with Crippen molar-refractivity contribution < 1.29 is 31.1 Å².